The van der Waals surface area contributed by atoms with Crippen molar-refractivity contribution in [3.63, 3.8) is 0 Å². The monoisotopic (exact) mass is 223 g/mol. The molecule has 0 radical (unpaired) electrons. The highest BCUT2D eigenvalue weighted by Crippen LogP contribution is 2.24. The molecule has 0 saturated heterocycles. The zero-order chi connectivity index (χ0) is 10.8. The maximum atomic E-state index is 6.12. The third kappa shape index (κ3) is 1.84. The molecule has 0 aliphatic rings. The Bertz CT molecular complexity index is 460. The normalized spacial score (nSPS) is 11.5. The Kier molecular flexibility index (Phi) is 2.91. The summed E-state index contributed by atoms with van der Waals surface area (Å²) in [6.45, 7) is 4.34. The van der Waals surface area contributed by atoms with E-state index in [2.05, 4.69) is 23.9 Å². The summed E-state index contributed by atoms with van der Waals surface area (Å²) in [4.78, 5) is 4.55. The highest BCUT2D eigenvalue weighted by atomic mass is 35.5. The molecule has 2 aromatic heterocycles. The predicted molar refractivity (Wildman–Crippen MR) is 61.3 cm³/mol. The van der Waals surface area contributed by atoms with E-state index in [1.165, 1.54) is 0 Å². The molecular weight excluding hydrogens is 210 g/mol. The highest BCUT2D eigenvalue weighted by Gasteiger charge is 2.11. The number of hydrogen-bond donors (Lipinski definition) is 0. The fraction of sp³-hybridized carbons (Fsp3) is 0.455. The maximum Gasteiger partial charge on any atom is 0.156 e. The molecule has 2 aromatic rings. The maximum absolute atomic E-state index is 6.12. The van der Waals surface area contributed by atoms with Crippen molar-refractivity contribution in [3.8, 4) is 0 Å². The van der Waals surface area contributed by atoms with E-state index in [4.69, 9.17) is 11.6 Å². The quantitative estimate of drug-likeness (QED) is 0.748. The Morgan fingerprint density at radius 1 is 1.40 bits per heavy atom. The number of hydrogen-bond acceptors (Lipinski definition) is 2. The molecule has 3 nitrogen and oxygen atoms in total. The van der Waals surface area contributed by atoms with E-state index in [1.54, 1.807) is 10.7 Å². The molecule has 0 N–H and O–H groups in total. The lowest BCUT2D eigenvalue weighted by molar-refractivity contribution is 0.622. The number of fused-ring (bicyclic) bond motifs is 1. The van der Waals surface area contributed by atoms with Gasteiger partial charge in [-0.25, -0.2) is 9.50 Å². The van der Waals surface area contributed by atoms with Crippen LogP contribution in [-0.4, -0.2) is 14.6 Å². The van der Waals surface area contributed by atoms with Crippen LogP contribution in [0.2, 0.25) is 5.15 Å². The van der Waals surface area contributed by atoms with Crippen molar-refractivity contribution >= 4 is 17.2 Å². The van der Waals surface area contributed by atoms with Crippen molar-refractivity contribution in [2.45, 2.75) is 32.6 Å². The lowest BCUT2D eigenvalue weighted by Gasteiger charge is -2.12. The number of halogens is 1. The summed E-state index contributed by atoms with van der Waals surface area (Å²) in [5, 5.41) is 4.72. The Morgan fingerprint density at radius 3 is 2.80 bits per heavy atom. The Balaban J connectivity index is 2.52. The van der Waals surface area contributed by atoms with Gasteiger partial charge in [0.1, 0.15) is 5.15 Å². The third-order valence-corrected chi connectivity index (χ3v) is 3.01. The van der Waals surface area contributed by atoms with Crippen molar-refractivity contribution in [1.82, 2.24) is 14.6 Å². The molecule has 2 heterocycles. The van der Waals surface area contributed by atoms with Gasteiger partial charge in [0.05, 0.1) is 6.20 Å². The molecule has 4 heteroatoms. The molecule has 0 atom stereocenters. The zero-order valence-corrected chi connectivity index (χ0v) is 9.70. The van der Waals surface area contributed by atoms with Gasteiger partial charge in [0.2, 0.25) is 0 Å². The molecule has 80 valence electrons. The summed E-state index contributed by atoms with van der Waals surface area (Å²) >= 11 is 6.12. The van der Waals surface area contributed by atoms with Crippen molar-refractivity contribution in [3.05, 3.63) is 29.2 Å². The molecule has 0 aliphatic heterocycles. The SMILES string of the molecule is CCC(CC)c1cc(Cl)n2nccc2n1. The molecule has 0 aliphatic carbocycles. The van der Waals surface area contributed by atoms with E-state index in [-0.39, 0.29) is 0 Å². The van der Waals surface area contributed by atoms with Crippen LogP contribution in [0.1, 0.15) is 38.3 Å². The molecule has 2 rings (SSSR count). The van der Waals surface area contributed by atoms with E-state index in [9.17, 15) is 0 Å². The minimum atomic E-state index is 0.488. The molecule has 0 spiro atoms. The van der Waals surface area contributed by atoms with E-state index >= 15 is 0 Å². The van der Waals surface area contributed by atoms with E-state index in [1.807, 2.05) is 12.1 Å². The smallest absolute Gasteiger partial charge is 0.156 e. The first-order valence-corrected chi connectivity index (χ1v) is 5.64. The third-order valence-electron chi connectivity index (χ3n) is 2.74. The van der Waals surface area contributed by atoms with Crippen LogP contribution in [0, 0.1) is 0 Å². The van der Waals surface area contributed by atoms with Gasteiger partial charge in [-0.2, -0.15) is 5.10 Å². The molecule has 0 bridgehead atoms. The van der Waals surface area contributed by atoms with Gasteiger partial charge in [-0.05, 0) is 18.9 Å². The number of rotatable bonds is 3. The van der Waals surface area contributed by atoms with E-state index in [0.29, 0.717) is 11.1 Å². The van der Waals surface area contributed by atoms with Crippen LogP contribution in [0.25, 0.3) is 5.65 Å². The highest BCUT2D eigenvalue weighted by molar-refractivity contribution is 6.29. The van der Waals surface area contributed by atoms with Crippen LogP contribution in [0.15, 0.2) is 18.3 Å². The topological polar surface area (TPSA) is 30.2 Å². The Labute approximate surface area is 94.1 Å². The molecule has 15 heavy (non-hydrogen) atoms. The van der Waals surface area contributed by atoms with Gasteiger partial charge in [0, 0.05) is 17.7 Å². The summed E-state index contributed by atoms with van der Waals surface area (Å²) in [6, 6.07) is 3.79. The first kappa shape index (κ1) is 10.4. The second-order valence-corrected chi connectivity index (χ2v) is 4.01. The van der Waals surface area contributed by atoms with Gasteiger partial charge in [-0.15, -0.1) is 0 Å². The summed E-state index contributed by atoms with van der Waals surface area (Å²) < 4.78 is 1.65. The standard InChI is InChI=1S/C11H14ClN3/c1-3-8(4-2)9-7-10(12)15-11(14-9)5-6-13-15/h5-8H,3-4H2,1-2H3. The first-order valence-electron chi connectivity index (χ1n) is 5.26. The summed E-state index contributed by atoms with van der Waals surface area (Å²) in [6.07, 6.45) is 3.89. The molecule has 0 saturated carbocycles. The van der Waals surface area contributed by atoms with Gasteiger partial charge in [0.25, 0.3) is 0 Å². The lowest BCUT2D eigenvalue weighted by Crippen LogP contribution is -2.02. The van der Waals surface area contributed by atoms with Crippen LogP contribution in [-0.2, 0) is 0 Å². The van der Waals surface area contributed by atoms with Gasteiger partial charge < -0.3 is 0 Å². The van der Waals surface area contributed by atoms with Crippen molar-refractivity contribution < 1.29 is 0 Å². The van der Waals surface area contributed by atoms with Crippen LogP contribution in [0.5, 0.6) is 0 Å². The fourth-order valence-electron chi connectivity index (χ4n) is 1.81. The predicted octanol–water partition coefficient (Wildman–Crippen LogP) is 3.29. The summed E-state index contributed by atoms with van der Waals surface area (Å²) in [5.74, 6) is 0.488. The Hall–Kier alpha value is -1.09. The van der Waals surface area contributed by atoms with Crippen molar-refractivity contribution in [2.75, 3.05) is 0 Å². The zero-order valence-electron chi connectivity index (χ0n) is 8.94. The van der Waals surface area contributed by atoms with E-state index < -0.39 is 0 Å². The van der Waals surface area contributed by atoms with Gasteiger partial charge in [-0.1, -0.05) is 25.4 Å². The average molecular weight is 224 g/mol. The van der Waals surface area contributed by atoms with Crippen molar-refractivity contribution in [1.29, 1.82) is 0 Å². The molecule has 0 aromatic carbocycles. The molecule has 0 fully saturated rings. The molecule has 0 amide bonds. The van der Waals surface area contributed by atoms with Gasteiger partial charge >= 0.3 is 0 Å². The average Bonchev–Trinajstić information content (AvgIpc) is 2.68. The lowest BCUT2D eigenvalue weighted by atomic mass is 9.99. The summed E-state index contributed by atoms with van der Waals surface area (Å²) in [5.41, 5.74) is 1.89. The van der Waals surface area contributed by atoms with Crippen LogP contribution in [0.3, 0.4) is 0 Å². The largest absolute Gasteiger partial charge is 0.233 e. The number of nitrogens with zero attached hydrogens (tertiary/aromatic N) is 3. The molecular formula is C11H14ClN3. The van der Waals surface area contributed by atoms with Gasteiger partial charge in [-0.3, -0.25) is 0 Å². The minimum absolute atomic E-state index is 0.488. The Morgan fingerprint density at radius 2 is 2.13 bits per heavy atom. The summed E-state index contributed by atoms with van der Waals surface area (Å²) in [7, 11) is 0. The van der Waals surface area contributed by atoms with Gasteiger partial charge in [0.15, 0.2) is 5.65 Å². The first-order chi connectivity index (χ1) is 7.26. The number of aromatic nitrogens is 3. The molecule has 0 unspecified atom stereocenters. The second-order valence-electron chi connectivity index (χ2n) is 3.62. The van der Waals surface area contributed by atoms with Crippen LogP contribution < -0.4 is 0 Å². The van der Waals surface area contributed by atoms with E-state index in [0.717, 1.165) is 24.2 Å². The van der Waals surface area contributed by atoms with Crippen LogP contribution in [0.4, 0.5) is 0 Å². The van der Waals surface area contributed by atoms with Crippen molar-refractivity contribution in [2.24, 2.45) is 0 Å². The second kappa shape index (κ2) is 4.19. The minimum Gasteiger partial charge on any atom is -0.233 e. The fourth-order valence-corrected chi connectivity index (χ4v) is 2.05. The van der Waals surface area contributed by atoms with Crippen LogP contribution >= 0.6 is 11.6 Å².